The summed E-state index contributed by atoms with van der Waals surface area (Å²) in [6, 6.07) is 16.3. The van der Waals surface area contributed by atoms with Gasteiger partial charge in [-0.3, -0.25) is 0 Å². The molecule has 0 atom stereocenters. The van der Waals surface area contributed by atoms with Crippen LogP contribution in [0.4, 0.5) is 0 Å². The summed E-state index contributed by atoms with van der Waals surface area (Å²) in [7, 11) is 1.77. The van der Waals surface area contributed by atoms with Crippen LogP contribution in [0.15, 0.2) is 48.5 Å². The van der Waals surface area contributed by atoms with Gasteiger partial charge in [-0.1, -0.05) is 12.1 Å². The van der Waals surface area contributed by atoms with Gasteiger partial charge in [-0.2, -0.15) is 5.26 Å². The number of hydrogen-bond donors (Lipinski definition) is 0. The van der Waals surface area contributed by atoms with Crippen molar-refractivity contribution >= 4 is 5.97 Å². The van der Waals surface area contributed by atoms with Crippen molar-refractivity contribution in [1.29, 1.82) is 5.26 Å². The van der Waals surface area contributed by atoms with Gasteiger partial charge in [0.2, 0.25) is 0 Å². The van der Waals surface area contributed by atoms with Crippen molar-refractivity contribution in [3.05, 3.63) is 65.2 Å². The molecule has 4 heteroatoms. The van der Waals surface area contributed by atoms with Gasteiger partial charge in [0.15, 0.2) is 0 Å². The first kappa shape index (κ1) is 18.2. The lowest BCUT2D eigenvalue weighted by Gasteiger charge is -2.28. The molecule has 1 saturated carbocycles. The van der Waals surface area contributed by atoms with E-state index in [2.05, 4.69) is 0 Å². The number of ether oxygens (including phenoxy) is 2. The summed E-state index contributed by atoms with van der Waals surface area (Å²) in [5.74, 6) is 1.30. The molecule has 0 aromatic heterocycles. The van der Waals surface area contributed by atoms with Crippen LogP contribution in [0.1, 0.15) is 53.1 Å². The average Bonchev–Trinajstić information content (AvgIpc) is 2.69. The number of nitriles is 1. The lowest BCUT2D eigenvalue weighted by Crippen LogP contribution is -2.17. The van der Waals surface area contributed by atoms with Crippen molar-refractivity contribution in [3.63, 3.8) is 0 Å². The Balaban J connectivity index is 1.58. The van der Waals surface area contributed by atoms with E-state index < -0.39 is 0 Å². The number of methoxy groups -OCH3 is 1. The van der Waals surface area contributed by atoms with E-state index in [1.807, 2.05) is 30.3 Å². The second kappa shape index (κ2) is 8.64. The van der Waals surface area contributed by atoms with Gasteiger partial charge in [0.05, 0.1) is 17.2 Å². The first-order valence-electron chi connectivity index (χ1n) is 9.01. The smallest absolute Gasteiger partial charge is 0.343 e. The van der Waals surface area contributed by atoms with E-state index in [-0.39, 0.29) is 5.97 Å². The van der Waals surface area contributed by atoms with Gasteiger partial charge in [-0.15, -0.1) is 0 Å². The molecular formula is C22H23NO3. The molecule has 0 spiro atoms. The third-order valence-corrected chi connectivity index (χ3v) is 5.06. The fourth-order valence-corrected chi connectivity index (χ4v) is 3.55. The van der Waals surface area contributed by atoms with Crippen molar-refractivity contribution in [2.75, 3.05) is 13.7 Å². The topological polar surface area (TPSA) is 59.3 Å². The van der Waals surface area contributed by atoms with Crippen molar-refractivity contribution in [1.82, 2.24) is 0 Å². The van der Waals surface area contributed by atoms with Crippen LogP contribution >= 0.6 is 0 Å². The number of hydrogen-bond acceptors (Lipinski definition) is 4. The molecule has 0 amide bonds. The van der Waals surface area contributed by atoms with Gasteiger partial charge in [0.1, 0.15) is 5.75 Å². The Labute approximate surface area is 154 Å². The number of benzene rings is 2. The van der Waals surface area contributed by atoms with Crippen LogP contribution in [0.25, 0.3) is 0 Å². The molecule has 1 aliphatic rings. The molecule has 26 heavy (non-hydrogen) atoms. The highest BCUT2D eigenvalue weighted by Crippen LogP contribution is 2.35. The van der Waals surface area contributed by atoms with E-state index >= 15 is 0 Å². The zero-order chi connectivity index (χ0) is 18.4. The highest BCUT2D eigenvalue weighted by Gasteiger charge is 2.22. The number of rotatable bonds is 5. The van der Waals surface area contributed by atoms with Gasteiger partial charge in [-0.05, 0) is 79.5 Å². The van der Waals surface area contributed by atoms with Crippen LogP contribution in [-0.4, -0.2) is 19.7 Å². The van der Waals surface area contributed by atoms with Crippen molar-refractivity contribution < 1.29 is 14.3 Å². The van der Waals surface area contributed by atoms with E-state index in [1.54, 1.807) is 31.4 Å². The van der Waals surface area contributed by atoms with Crippen LogP contribution in [0, 0.1) is 17.2 Å². The fraction of sp³-hybridized carbons (Fsp3) is 0.364. The van der Waals surface area contributed by atoms with Crippen LogP contribution in [-0.2, 0) is 4.74 Å². The predicted molar refractivity (Wildman–Crippen MR) is 99.1 cm³/mol. The van der Waals surface area contributed by atoms with Gasteiger partial charge in [-0.25, -0.2) is 4.79 Å². The zero-order valence-electron chi connectivity index (χ0n) is 15.0. The summed E-state index contributed by atoms with van der Waals surface area (Å²) in [5.41, 5.74) is 2.36. The summed E-state index contributed by atoms with van der Waals surface area (Å²) in [6.45, 7) is 0.854. The van der Waals surface area contributed by atoms with Crippen molar-refractivity contribution in [3.8, 4) is 11.8 Å². The quantitative estimate of drug-likeness (QED) is 0.580. The average molecular weight is 349 g/mol. The third kappa shape index (κ3) is 4.50. The maximum atomic E-state index is 12.3. The minimum absolute atomic E-state index is 0.384. The molecule has 0 aliphatic heterocycles. The second-order valence-corrected chi connectivity index (χ2v) is 6.82. The van der Waals surface area contributed by atoms with Crippen molar-refractivity contribution in [2.45, 2.75) is 31.6 Å². The molecule has 4 nitrogen and oxygen atoms in total. The van der Waals surface area contributed by atoms with E-state index in [1.165, 1.54) is 31.2 Å². The Morgan fingerprint density at radius 1 is 1.04 bits per heavy atom. The number of carbonyl (C=O) groups is 1. The minimum Gasteiger partial charge on any atom is -0.423 e. The fourth-order valence-electron chi connectivity index (χ4n) is 3.55. The second-order valence-electron chi connectivity index (χ2n) is 6.82. The molecule has 0 bridgehead atoms. The Morgan fingerprint density at radius 3 is 2.27 bits per heavy atom. The van der Waals surface area contributed by atoms with Gasteiger partial charge in [0, 0.05) is 13.7 Å². The molecule has 1 fully saturated rings. The third-order valence-electron chi connectivity index (χ3n) is 5.06. The van der Waals surface area contributed by atoms with Crippen LogP contribution in [0.2, 0.25) is 0 Å². The zero-order valence-corrected chi connectivity index (χ0v) is 15.0. The summed E-state index contributed by atoms with van der Waals surface area (Å²) >= 11 is 0. The Kier molecular flexibility index (Phi) is 6.04. The highest BCUT2D eigenvalue weighted by atomic mass is 16.5. The summed E-state index contributed by atoms with van der Waals surface area (Å²) in [5, 5.41) is 8.80. The monoisotopic (exact) mass is 349 g/mol. The minimum atomic E-state index is -0.384. The van der Waals surface area contributed by atoms with Gasteiger partial charge >= 0.3 is 5.97 Å². The van der Waals surface area contributed by atoms with Crippen molar-refractivity contribution in [2.24, 2.45) is 5.92 Å². The molecule has 134 valence electrons. The molecule has 0 heterocycles. The van der Waals surface area contributed by atoms with Crippen LogP contribution in [0.5, 0.6) is 5.75 Å². The van der Waals surface area contributed by atoms with Crippen LogP contribution < -0.4 is 4.74 Å². The molecule has 0 N–H and O–H groups in total. The van der Waals surface area contributed by atoms with Crippen LogP contribution in [0.3, 0.4) is 0 Å². The Morgan fingerprint density at radius 2 is 1.69 bits per heavy atom. The maximum absolute atomic E-state index is 12.3. The Bertz CT molecular complexity index is 767. The number of nitrogens with zero attached hydrogens (tertiary/aromatic N) is 1. The lowest BCUT2D eigenvalue weighted by atomic mass is 9.79. The van der Waals surface area contributed by atoms with E-state index in [4.69, 9.17) is 14.7 Å². The molecule has 0 unspecified atom stereocenters. The van der Waals surface area contributed by atoms with E-state index in [0.717, 1.165) is 6.61 Å². The van der Waals surface area contributed by atoms with Gasteiger partial charge in [0.25, 0.3) is 0 Å². The molecule has 0 saturated heterocycles. The summed E-state index contributed by atoms with van der Waals surface area (Å²) < 4.78 is 10.6. The number of esters is 1. The molecular weight excluding hydrogens is 326 g/mol. The molecule has 0 radical (unpaired) electrons. The lowest BCUT2D eigenvalue weighted by molar-refractivity contribution is 0.0734. The standard InChI is InChI=1S/C22H23NO3/c1-25-15-17-2-6-18(7-3-17)19-8-10-20(11-9-19)22(24)26-21-12-4-16(14-23)5-13-21/h4-5,8-13,17-18H,2-3,6-7,15H2,1H3. The maximum Gasteiger partial charge on any atom is 0.343 e. The van der Waals surface area contributed by atoms with E-state index in [0.29, 0.717) is 28.7 Å². The summed E-state index contributed by atoms with van der Waals surface area (Å²) in [4.78, 5) is 12.3. The largest absolute Gasteiger partial charge is 0.423 e. The molecule has 3 rings (SSSR count). The predicted octanol–water partition coefficient (Wildman–Crippen LogP) is 4.70. The van der Waals surface area contributed by atoms with Gasteiger partial charge < -0.3 is 9.47 Å². The highest BCUT2D eigenvalue weighted by molar-refractivity contribution is 5.91. The number of carbonyl (C=O) groups excluding carboxylic acids is 1. The first-order chi connectivity index (χ1) is 12.7. The first-order valence-corrected chi connectivity index (χ1v) is 9.01. The molecule has 1 aliphatic carbocycles. The SMILES string of the molecule is COCC1CCC(c2ccc(C(=O)Oc3ccc(C#N)cc3)cc2)CC1. The Hall–Kier alpha value is -2.64. The molecule has 2 aromatic rings. The molecule has 2 aromatic carbocycles. The normalized spacial score (nSPS) is 19.5. The summed E-state index contributed by atoms with van der Waals surface area (Å²) in [6.07, 6.45) is 4.73. The van der Waals surface area contributed by atoms with E-state index in [9.17, 15) is 4.79 Å².